The summed E-state index contributed by atoms with van der Waals surface area (Å²) in [6.07, 6.45) is 8.95. The molecule has 0 N–H and O–H groups in total. The second kappa shape index (κ2) is 2.48. The van der Waals surface area contributed by atoms with Gasteiger partial charge in [0.05, 0.1) is 11.7 Å². The van der Waals surface area contributed by atoms with Crippen LogP contribution in [0.4, 0.5) is 0 Å². The van der Waals surface area contributed by atoms with E-state index in [4.69, 9.17) is 4.74 Å². The standard InChI is InChI=1S/C12H18O/c1-11(2)9-7-5-6-8-10(9)13-12(11,3)4/h5-10H,1-4H3. The van der Waals surface area contributed by atoms with Crippen LogP contribution < -0.4 is 0 Å². The van der Waals surface area contributed by atoms with Gasteiger partial charge in [0, 0.05) is 11.3 Å². The Kier molecular flexibility index (Phi) is 1.72. The Morgan fingerprint density at radius 3 is 2.23 bits per heavy atom. The first-order valence-corrected chi connectivity index (χ1v) is 4.98. The van der Waals surface area contributed by atoms with Gasteiger partial charge in [-0.3, -0.25) is 0 Å². The van der Waals surface area contributed by atoms with Gasteiger partial charge in [-0.1, -0.05) is 38.2 Å². The minimum Gasteiger partial charge on any atom is -0.367 e. The van der Waals surface area contributed by atoms with E-state index < -0.39 is 0 Å². The van der Waals surface area contributed by atoms with Gasteiger partial charge in [0.25, 0.3) is 0 Å². The zero-order valence-corrected chi connectivity index (χ0v) is 8.87. The smallest absolute Gasteiger partial charge is 0.0835 e. The molecule has 2 unspecified atom stereocenters. The van der Waals surface area contributed by atoms with Gasteiger partial charge in [0.1, 0.15) is 0 Å². The second-order valence-electron chi connectivity index (χ2n) is 5.11. The summed E-state index contributed by atoms with van der Waals surface area (Å²) in [5.41, 5.74) is 0.195. The van der Waals surface area contributed by atoms with Crippen LogP contribution in [-0.4, -0.2) is 11.7 Å². The molecule has 1 nitrogen and oxygen atoms in total. The number of ether oxygens (including phenoxy) is 1. The van der Waals surface area contributed by atoms with Crippen molar-refractivity contribution in [3.8, 4) is 0 Å². The molecule has 1 fully saturated rings. The molecule has 0 saturated carbocycles. The number of fused-ring (bicyclic) bond motifs is 1. The van der Waals surface area contributed by atoms with E-state index in [1.807, 2.05) is 0 Å². The fraction of sp³-hybridized carbons (Fsp3) is 0.667. The Balaban J connectivity index is 2.38. The molecular weight excluding hydrogens is 160 g/mol. The van der Waals surface area contributed by atoms with Crippen LogP contribution in [-0.2, 0) is 4.74 Å². The molecule has 0 spiro atoms. The minimum absolute atomic E-state index is 0.0264. The Bertz CT molecular complexity index is 271. The average molecular weight is 178 g/mol. The highest BCUT2D eigenvalue weighted by Gasteiger charge is 2.53. The molecule has 0 aromatic heterocycles. The summed E-state index contributed by atoms with van der Waals surface area (Å²) in [5.74, 6) is 0.535. The van der Waals surface area contributed by atoms with E-state index in [2.05, 4.69) is 52.0 Å². The summed E-state index contributed by atoms with van der Waals surface area (Å²) in [6, 6.07) is 0. The second-order valence-corrected chi connectivity index (χ2v) is 5.11. The van der Waals surface area contributed by atoms with Gasteiger partial charge in [0.15, 0.2) is 0 Å². The van der Waals surface area contributed by atoms with E-state index in [-0.39, 0.29) is 17.1 Å². The predicted octanol–water partition coefficient (Wildman–Crippen LogP) is 2.93. The first-order valence-electron chi connectivity index (χ1n) is 4.98. The summed E-state index contributed by atoms with van der Waals surface area (Å²) < 4.78 is 6.03. The van der Waals surface area contributed by atoms with Crippen LogP contribution in [0.15, 0.2) is 24.3 Å². The third kappa shape index (κ3) is 1.10. The normalized spacial score (nSPS) is 39.1. The fourth-order valence-corrected chi connectivity index (χ4v) is 2.24. The minimum atomic E-state index is -0.0264. The Morgan fingerprint density at radius 2 is 1.62 bits per heavy atom. The molecular formula is C12H18O. The monoisotopic (exact) mass is 178 g/mol. The van der Waals surface area contributed by atoms with E-state index in [0.29, 0.717) is 5.92 Å². The number of rotatable bonds is 0. The van der Waals surface area contributed by atoms with Crippen molar-refractivity contribution in [2.24, 2.45) is 11.3 Å². The Morgan fingerprint density at radius 1 is 1.00 bits per heavy atom. The van der Waals surface area contributed by atoms with Gasteiger partial charge in [-0.2, -0.15) is 0 Å². The summed E-state index contributed by atoms with van der Waals surface area (Å²) >= 11 is 0. The zero-order chi connectivity index (χ0) is 9.69. The molecule has 1 saturated heterocycles. The lowest BCUT2D eigenvalue weighted by molar-refractivity contribution is -0.0378. The Hall–Kier alpha value is -0.560. The maximum absolute atomic E-state index is 6.03. The van der Waals surface area contributed by atoms with Crippen molar-refractivity contribution >= 4 is 0 Å². The van der Waals surface area contributed by atoms with Crippen LogP contribution in [0.25, 0.3) is 0 Å². The quantitative estimate of drug-likeness (QED) is 0.554. The third-order valence-corrected chi connectivity index (χ3v) is 3.90. The molecule has 72 valence electrons. The van der Waals surface area contributed by atoms with E-state index in [1.54, 1.807) is 0 Å². The summed E-state index contributed by atoms with van der Waals surface area (Å²) in [7, 11) is 0. The van der Waals surface area contributed by atoms with Crippen LogP contribution in [0, 0.1) is 11.3 Å². The summed E-state index contributed by atoms with van der Waals surface area (Å²) in [6.45, 7) is 8.96. The molecule has 0 aromatic carbocycles. The maximum atomic E-state index is 6.03. The lowest BCUT2D eigenvalue weighted by Gasteiger charge is -2.35. The molecule has 0 aromatic rings. The fourth-order valence-electron chi connectivity index (χ4n) is 2.24. The van der Waals surface area contributed by atoms with Crippen molar-refractivity contribution in [3.05, 3.63) is 24.3 Å². The summed E-state index contributed by atoms with van der Waals surface area (Å²) in [5, 5.41) is 0. The molecule has 2 rings (SSSR count). The largest absolute Gasteiger partial charge is 0.367 e. The van der Waals surface area contributed by atoms with Crippen LogP contribution in [0.5, 0.6) is 0 Å². The van der Waals surface area contributed by atoms with Crippen LogP contribution in [0.2, 0.25) is 0 Å². The van der Waals surface area contributed by atoms with Gasteiger partial charge in [-0.05, 0) is 13.8 Å². The first-order chi connectivity index (χ1) is 5.95. The lowest BCUT2D eigenvalue weighted by atomic mass is 9.68. The van der Waals surface area contributed by atoms with Gasteiger partial charge in [0.2, 0.25) is 0 Å². The highest BCUT2D eigenvalue weighted by molar-refractivity contribution is 5.22. The van der Waals surface area contributed by atoms with Crippen molar-refractivity contribution in [3.63, 3.8) is 0 Å². The highest BCUT2D eigenvalue weighted by atomic mass is 16.5. The number of hydrogen-bond acceptors (Lipinski definition) is 1. The van der Waals surface area contributed by atoms with Crippen molar-refractivity contribution in [1.29, 1.82) is 0 Å². The van der Waals surface area contributed by atoms with Gasteiger partial charge >= 0.3 is 0 Å². The molecule has 1 heteroatoms. The molecule has 0 radical (unpaired) electrons. The van der Waals surface area contributed by atoms with Crippen molar-refractivity contribution in [1.82, 2.24) is 0 Å². The van der Waals surface area contributed by atoms with Crippen LogP contribution in [0.1, 0.15) is 27.7 Å². The average Bonchev–Trinajstić information content (AvgIpc) is 2.20. The predicted molar refractivity (Wildman–Crippen MR) is 54.5 cm³/mol. The van der Waals surface area contributed by atoms with Crippen molar-refractivity contribution in [2.75, 3.05) is 0 Å². The maximum Gasteiger partial charge on any atom is 0.0835 e. The van der Waals surface area contributed by atoms with Crippen molar-refractivity contribution in [2.45, 2.75) is 39.4 Å². The van der Waals surface area contributed by atoms with Gasteiger partial charge in [-0.25, -0.2) is 0 Å². The molecule has 1 aliphatic carbocycles. The van der Waals surface area contributed by atoms with Crippen LogP contribution in [0.3, 0.4) is 0 Å². The lowest BCUT2D eigenvalue weighted by Crippen LogP contribution is -2.37. The molecule has 0 bridgehead atoms. The molecule has 1 heterocycles. The van der Waals surface area contributed by atoms with Crippen LogP contribution >= 0.6 is 0 Å². The highest BCUT2D eigenvalue weighted by Crippen LogP contribution is 2.51. The number of hydrogen-bond donors (Lipinski definition) is 0. The summed E-state index contributed by atoms with van der Waals surface area (Å²) in [4.78, 5) is 0. The molecule has 2 atom stereocenters. The molecule has 2 aliphatic rings. The van der Waals surface area contributed by atoms with E-state index in [9.17, 15) is 0 Å². The Labute approximate surface area is 80.5 Å². The first kappa shape index (κ1) is 9.01. The van der Waals surface area contributed by atoms with Gasteiger partial charge in [-0.15, -0.1) is 0 Å². The topological polar surface area (TPSA) is 9.23 Å². The van der Waals surface area contributed by atoms with E-state index >= 15 is 0 Å². The molecule has 0 amide bonds. The van der Waals surface area contributed by atoms with E-state index in [1.165, 1.54) is 0 Å². The molecule has 13 heavy (non-hydrogen) atoms. The van der Waals surface area contributed by atoms with E-state index in [0.717, 1.165) is 0 Å². The molecule has 1 aliphatic heterocycles. The van der Waals surface area contributed by atoms with Crippen molar-refractivity contribution < 1.29 is 4.74 Å². The zero-order valence-electron chi connectivity index (χ0n) is 8.87. The van der Waals surface area contributed by atoms with Gasteiger partial charge < -0.3 is 4.74 Å². The number of allylic oxidation sites excluding steroid dienone is 2. The SMILES string of the molecule is CC1(C)OC2C=CC=CC2C1(C)C. The third-order valence-electron chi connectivity index (χ3n) is 3.90.